The quantitative estimate of drug-likeness (QED) is 0.219. The summed E-state index contributed by atoms with van der Waals surface area (Å²) in [5, 5.41) is 9.52. The van der Waals surface area contributed by atoms with Crippen LogP contribution in [0.4, 0.5) is 0 Å². The van der Waals surface area contributed by atoms with E-state index in [0.29, 0.717) is 18.8 Å². The average Bonchev–Trinajstić information content (AvgIpc) is 3.52. The number of amides is 1. The molecule has 1 fully saturated rings. The van der Waals surface area contributed by atoms with E-state index in [1.807, 2.05) is 43.3 Å². The summed E-state index contributed by atoms with van der Waals surface area (Å²) < 4.78 is 11.3. The largest absolute Gasteiger partial charge is 0.484 e. The van der Waals surface area contributed by atoms with Crippen LogP contribution in [-0.2, 0) is 11.3 Å². The van der Waals surface area contributed by atoms with E-state index in [2.05, 4.69) is 27.8 Å². The van der Waals surface area contributed by atoms with Crippen molar-refractivity contribution in [2.45, 2.75) is 39.3 Å². The van der Waals surface area contributed by atoms with Gasteiger partial charge in [0.05, 0.1) is 18.8 Å². The standard InChI is InChI=1S/C24H35N5O3.HI/c1-3-25-23(30)18-32-20-10-7-9-19(15-20)16-27-24(26-4-2)28-17-21(22-11-8-14-31-22)29-12-5-6-13-29;/h7-11,14-15,21H,3-6,12-13,16-18H2,1-2H3,(H,25,30)(H2,26,27,28);1H. The number of guanidine groups is 1. The molecule has 0 radical (unpaired) electrons. The molecule has 1 saturated heterocycles. The summed E-state index contributed by atoms with van der Waals surface area (Å²) in [5.74, 6) is 2.27. The fraction of sp³-hybridized carbons (Fsp3) is 0.500. The maximum atomic E-state index is 11.6. The van der Waals surface area contributed by atoms with Crippen LogP contribution in [-0.4, -0.2) is 56.1 Å². The molecule has 0 spiro atoms. The van der Waals surface area contributed by atoms with E-state index >= 15 is 0 Å². The molecular weight excluding hydrogens is 533 g/mol. The Morgan fingerprint density at radius 1 is 1.12 bits per heavy atom. The number of nitrogens with one attached hydrogen (secondary N) is 3. The average molecular weight is 569 g/mol. The van der Waals surface area contributed by atoms with E-state index in [-0.39, 0.29) is 42.5 Å². The van der Waals surface area contributed by atoms with Crippen molar-refractivity contribution in [3.05, 3.63) is 54.0 Å². The molecule has 0 aliphatic carbocycles. The van der Waals surface area contributed by atoms with E-state index in [4.69, 9.17) is 14.1 Å². The molecule has 1 atom stereocenters. The smallest absolute Gasteiger partial charge is 0.257 e. The third-order valence-electron chi connectivity index (χ3n) is 5.32. The molecule has 33 heavy (non-hydrogen) atoms. The first-order valence-corrected chi connectivity index (χ1v) is 11.5. The van der Waals surface area contributed by atoms with Gasteiger partial charge in [-0.25, -0.2) is 4.99 Å². The zero-order chi connectivity index (χ0) is 22.6. The maximum Gasteiger partial charge on any atom is 0.257 e. The highest BCUT2D eigenvalue weighted by atomic mass is 127. The van der Waals surface area contributed by atoms with E-state index in [1.54, 1.807) is 6.26 Å². The third kappa shape index (κ3) is 8.88. The Morgan fingerprint density at radius 2 is 1.91 bits per heavy atom. The van der Waals surface area contributed by atoms with Crippen LogP contribution in [0.15, 0.2) is 52.1 Å². The van der Waals surface area contributed by atoms with Crippen LogP contribution in [0.5, 0.6) is 5.75 Å². The van der Waals surface area contributed by atoms with Crippen LogP contribution in [0.1, 0.15) is 44.1 Å². The predicted molar refractivity (Wildman–Crippen MR) is 141 cm³/mol. The molecule has 182 valence electrons. The van der Waals surface area contributed by atoms with Gasteiger partial charge in [-0.15, -0.1) is 24.0 Å². The minimum Gasteiger partial charge on any atom is -0.484 e. The van der Waals surface area contributed by atoms with Crippen molar-refractivity contribution in [2.24, 2.45) is 4.99 Å². The van der Waals surface area contributed by atoms with Crippen LogP contribution in [0.25, 0.3) is 0 Å². The van der Waals surface area contributed by atoms with Crippen LogP contribution in [0.2, 0.25) is 0 Å². The highest BCUT2D eigenvalue weighted by Crippen LogP contribution is 2.24. The van der Waals surface area contributed by atoms with Crippen molar-refractivity contribution in [2.75, 3.05) is 39.3 Å². The molecule has 1 aliphatic rings. The highest BCUT2D eigenvalue weighted by molar-refractivity contribution is 14.0. The molecule has 3 rings (SSSR count). The Bertz CT molecular complexity index is 854. The second kappa shape index (κ2) is 14.8. The molecule has 1 aliphatic heterocycles. The first kappa shape index (κ1) is 27.0. The molecule has 1 aromatic heterocycles. The van der Waals surface area contributed by atoms with Crippen LogP contribution in [0, 0.1) is 0 Å². The molecule has 1 unspecified atom stereocenters. The number of furan rings is 1. The second-order valence-corrected chi connectivity index (χ2v) is 7.74. The normalized spacial score (nSPS) is 14.9. The number of likely N-dealkylation sites (tertiary alicyclic amines) is 1. The lowest BCUT2D eigenvalue weighted by Crippen LogP contribution is -2.42. The number of nitrogens with zero attached hydrogens (tertiary/aromatic N) is 2. The summed E-state index contributed by atoms with van der Waals surface area (Å²) in [7, 11) is 0. The molecule has 3 N–H and O–H groups in total. The number of halogens is 1. The summed E-state index contributed by atoms with van der Waals surface area (Å²) in [6, 6.07) is 11.9. The lowest BCUT2D eigenvalue weighted by molar-refractivity contribution is -0.122. The van der Waals surface area contributed by atoms with Gasteiger partial charge in [-0.3, -0.25) is 9.69 Å². The van der Waals surface area contributed by atoms with Gasteiger partial charge in [0.15, 0.2) is 12.6 Å². The van der Waals surface area contributed by atoms with Gasteiger partial charge in [0.25, 0.3) is 5.91 Å². The number of carbonyl (C=O) groups excluding carboxylic acids is 1. The fourth-order valence-electron chi connectivity index (χ4n) is 3.78. The van der Waals surface area contributed by atoms with Gasteiger partial charge in [-0.2, -0.15) is 0 Å². The van der Waals surface area contributed by atoms with Crippen molar-refractivity contribution in [3.63, 3.8) is 0 Å². The van der Waals surface area contributed by atoms with Gasteiger partial charge in [-0.1, -0.05) is 12.1 Å². The second-order valence-electron chi connectivity index (χ2n) is 7.74. The minimum atomic E-state index is -0.126. The van der Waals surface area contributed by atoms with Gasteiger partial charge in [0.1, 0.15) is 11.5 Å². The topological polar surface area (TPSA) is 91.1 Å². The Hall–Kier alpha value is -2.27. The number of benzene rings is 1. The summed E-state index contributed by atoms with van der Waals surface area (Å²) in [6.45, 7) is 8.71. The SMILES string of the molecule is CCNC(=O)COc1cccc(CN=C(NCC)NCC(c2ccco2)N2CCCC2)c1.I. The molecule has 1 amide bonds. The van der Waals surface area contributed by atoms with E-state index in [9.17, 15) is 4.79 Å². The lowest BCUT2D eigenvalue weighted by atomic mass is 10.2. The highest BCUT2D eigenvalue weighted by Gasteiger charge is 2.25. The molecule has 1 aromatic carbocycles. The van der Waals surface area contributed by atoms with E-state index in [1.165, 1.54) is 12.8 Å². The first-order chi connectivity index (χ1) is 15.7. The predicted octanol–water partition coefficient (Wildman–Crippen LogP) is 3.30. The molecule has 0 bridgehead atoms. The Balaban J connectivity index is 0.00000385. The fourth-order valence-corrected chi connectivity index (χ4v) is 3.78. The number of ether oxygens (including phenoxy) is 1. The molecular formula is C24H36IN5O3. The van der Waals surface area contributed by atoms with Gasteiger partial charge in [-0.05, 0) is 69.6 Å². The Morgan fingerprint density at radius 3 is 2.61 bits per heavy atom. The number of aliphatic imine (C=N–C) groups is 1. The van der Waals surface area contributed by atoms with Crippen LogP contribution < -0.4 is 20.7 Å². The summed E-state index contributed by atoms with van der Waals surface area (Å²) in [4.78, 5) is 18.8. The van der Waals surface area contributed by atoms with E-state index < -0.39 is 0 Å². The van der Waals surface area contributed by atoms with Crippen molar-refractivity contribution in [1.82, 2.24) is 20.9 Å². The maximum absolute atomic E-state index is 11.6. The molecule has 2 aromatic rings. The summed E-state index contributed by atoms with van der Waals surface area (Å²) >= 11 is 0. The lowest BCUT2D eigenvalue weighted by Gasteiger charge is -2.26. The van der Waals surface area contributed by atoms with Crippen LogP contribution >= 0.6 is 24.0 Å². The van der Waals surface area contributed by atoms with Gasteiger partial charge >= 0.3 is 0 Å². The number of carbonyl (C=O) groups is 1. The molecule has 8 nitrogen and oxygen atoms in total. The Labute approximate surface area is 213 Å². The minimum absolute atomic E-state index is 0. The van der Waals surface area contributed by atoms with E-state index in [0.717, 1.165) is 43.5 Å². The molecule has 9 heteroatoms. The van der Waals surface area contributed by atoms with Crippen molar-refractivity contribution in [1.29, 1.82) is 0 Å². The Kier molecular flexibility index (Phi) is 12.1. The number of rotatable bonds is 11. The zero-order valence-corrected chi connectivity index (χ0v) is 21.8. The summed E-state index contributed by atoms with van der Waals surface area (Å²) in [6.07, 6.45) is 4.19. The zero-order valence-electron chi connectivity index (χ0n) is 19.5. The number of hydrogen-bond acceptors (Lipinski definition) is 5. The van der Waals surface area contributed by atoms with Gasteiger partial charge in [0, 0.05) is 19.6 Å². The van der Waals surface area contributed by atoms with Gasteiger partial charge < -0.3 is 25.1 Å². The molecule has 0 saturated carbocycles. The first-order valence-electron chi connectivity index (χ1n) is 11.5. The van der Waals surface area contributed by atoms with Crippen LogP contribution in [0.3, 0.4) is 0 Å². The number of likely N-dealkylation sites (N-methyl/N-ethyl adjacent to an activating group) is 1. The monoisotopic (exact) mass is 569 g/mol. The van der Waals surface area contributed by atoms with Crippen molar-refractivity contribution in [3.8, 4) is 5.75 Å². The van der Waals surface area contributed by atoms with Crippen molar-refractivity contribution < 1.29 is 13.9 Å². The summed E-state index contributed by atoms with van der Waals surface area (Å²) in [5.41, 5.74) is 1.01. The van der Waals surface area contributed by atoms with Crippen molar-refractivity contribution >= 4 is 35.8 Å². The van der Waals surface area contributed by atoms with Gasteiger partial charge in [0.2, 0.25) is 0 Å². The molecule has 2 heterocycles. The number of hydrogen-bond donors (Lipinski definition) is 3. The third-order valence-corrected chi connectivity index (χ3v) is 5.32.